The second-order valence-corrected chi connectivity index (χ2v) is 8.21. The van der Waals surface area contributed by atoms with Gasteiger partial charge in [-0.25, -0.2) is 4.98 Å². The monoisotopic (exact) mass is 440 g/mol. The van der Waals surface area contributed by atoms with Crippen molar-refractivity contribution in [1.82, 2.24) is 9.97 Å². The first kappa shape index (κ1) is 22.1. The summed E-state index contributed by atoms with van der Waals surface area (Å²) in [4.78, 5) is 8.06. The molecule has 2 aromatic carbocycles. The van der Waals surface area contributed by atoms with Crippen LogP contribution in [0.4, 0.5) is 36.3 Å². The van der Waals surface area contributed by atoms with Gasteiger partial charge in [0.2, 0.25) is 5.95 Å². The second-order valence-electron chi connectivity index (χ2n) is 8.21. The molecule has 1 saturated carbocycles. The molecular formula is C25H27F3N4. The molecule has 0 unspecified atom stereocenters. The lowest BCUT2D eigenvalue weighted by Crippen LogP contribution is -2.13. The van der Waals surface area contributed by atoms with Crippen LogP contribution in [0, 0.1) is 0 Å². The number of benzene rings is 2. The third-order valence-electron chi connectivity index (χ3n) is 5.94. The van der Waals surface area contributed by atoms with E-state index in [1.807, 2.05) is 36.4 Å². The smallest absolute Gasteiger partial charge is 0.340 e. The third kappa shape index (κ3) is 5.39. The molecule has 32 heavy (non-hydrogen) atoms. The Labute approximate surface area is 186 Å². The molecule has 4 rings (SSSR count). The Morgan fingerprint density at radius 3 is 2.38 bits per heavy atom. The van der Waals surface area contributed by atoms with Crippen LogP contribution < -0.4 is 10.6 Å². The highest BCUT2D eigenvalue weighted by Gasteiger charge is 2.35. The largest absolute Gasteiger partial charge is 0.421 e. The molecule has 7 heteroatoms. The minimum absolute atomic E-state index is 0.105. The summed E-state index contributed by atoms with van der Waals surface area (Å²) in [6, 6.07) is 15.3. The summed E-state index contributed by atoms with van der Waals surface area (Å²) in [6.07, 6.45) is 3.05. The zero-order valence-corrected chi connectivity index (χ0v) is 18.0. The van der Waals surface area contributed by atoms with Crippen molar-refractivity contribution in [2.75, 3.05) is 10.6 Å². The standard InChI is InChI=1S/C25H27F3N4/c1-2-17-11-13-20(14-12-17)31-24-29-16-22(25(26,27)28)23(32-24)30-21-10-6-9-19(15-21)18-7-4-3-5-8-18/h6,9-16,18H,2-5,7-8H2,1H3,(H2,29,30,31,32). The fraction of sp³-hybridized carbons (Fsp3) is 0.360. The Morgan fingerprint density at radius 2 is 1.69 bits per heavy atom. The van der Waals surface area contributed by atoms with E-state index < -0.39 is 11.7 Å². The van der Waals surface area contributed by atoms with E-state index in [2.05, 4.69) is 33.6 Å². The Bertz CT molecular complexity index is 1040. The van der Waals surface area contributed by atoms with Gasteiger partial charge in [-0.2, -0.15) is 18.2 Å². The molecule has 168 valence electrons. The molecule has 2 N–H and O–H groups in total. The molecule has 3 aromatic rings. The van der Waals surface area contributed by atoms with Gasteiger partial charge in [0.15, 0.2) is 0 Å². The average Bonchev–Trinajstić information content (AvgIpc) is 2.80. The summed E-state index contributed by atoms with van der Waals surface area (Å²) in [5, 5.41) is 5.89. The summed E-state index contributed by atoms with van der Waals surface area (Å²) in [7, 11) is 0. The predicted octanol–water partition coefficient (Wildman–Crippen LogP) is 7.59. The molecular weight excluding hydrogens is 413 g/mol. The molecule has 1 heterocycles. The van der Waals surface area contributed by atoms with Crippen molar-refractivity contribution < 1.29 is 13.2 Å². The summed E-state index contributed by atoms with van der Waals surface area (Å²) in [5.74, 6) is 0.301. The Balaban J connectivity index is 1.60. The van der Waals surface area contributed by atoms with E-state index in [4.69, 9.17) is 0 Å². The molecule has 0 atom stereocenters. The number of hydrogen-bond donors (Lipinski definition) is 2. The van der Waals surface area contributed by atoms with Crippen molar-refractivity contribution in [3.63, 3.8) is 0 Å². The van der Waals surface area contributed by atoms with Gasteiger partial charge in [-0.3, -0.25) is 0 Å². The molecule has 0 aliphatic heterocycles. The first-order valence-electron chi connectivity index (χ1n) is 11.1. The quantitative estimate of drug-likeness (QED) is 0.414. The topological polar surface area (TPSA) is 49.8 Å². The van der Waals surface area contributed by atoms with Crippen molar-refractivity contribution in [3.8, 4) is 0 Å². The highest BCUT2D eigenvalue weighted by atomic mass is 19.4. The highest BCUT2D eigenvalue weighted by molar-refractivity contribution is 5.63. The van der Waals surface area contributed by atoms with E-state index in [9.17, 15) is 13.2 Å². The van der Waals surface area contributed by atoms with Crippen molar-refractivity contribution in [2.24, 2.45) is 0 Å². The number of aryl methyl sites for hydroxylation is 1. The maximum atomic E-state index is 13.6. The zero-order chi connectivity index (χ0) is 22.6. The first-order valence-corrected chi connectivity index (χ1v) is 11.1. The van der Waals surface area contributed by atoms with Gasteiger partial charge in [-0.05, 0) is 60.6 Å². The van der Waals surface area contributed by atoms with Crippen molar-refractivity contribution in [2.45, 2.75) is 57.5 Å². The van der Waals surface area contributed by atoms with Gasteiger partial charge >= 0.3 is 6.18 Å². The summed E-state index contributed by atoms with van der Waals surface area (Å²) in [6.45, 7) is 2.06. The van der Waals surface area contributed by atoms with Crippen LogP contribution in [0.15, 0.2) is 54.7 Å². The average molecular weight is 441 g/mol. The summed E-state index contributed by atoms with van der Waals surface area (Å²) in [5.41, 5.74) is 2.74. The number of rotatable bonds is 6. The zero-order valence-electron chi connectivity index (χ0n) is 18.0. The van der Waals surface area contributed by atoms with Crippen LogP contribution in [-0.2, 0) is 12.6 Å². The maximum absolute atomic E-state index is 13.6. The van der Waals surface area contributed by atoms with Gasteiger partial charge in [-0.15, -0.1) is 0 Å². The number of alkyl halides is 3. The molecule has 0 spiro atoms. The van der Waals surface area contributed by atoms with E-state index in [1.165, 1.54) is 24.8 Å². The molecule has 0 radical (unpaired) electrons. The molecule has 0 saturated heterocycles. The molecule has 4 nitrogen and oxygen atoms in total. The maximum Gasteiger partial charge on any atom is 0.421 e. The minimum atomic E-state index is -4.56. The number of halogens is 3. The van der Waals surface area contributed by atoms with Crippen LogP contribution in [0.5, 0.6) is 0 Å². The normalized spacial score (nSPS) is 14.9. The number of aromatic nitrogens is 2. The van der Waals surface area contributed by atoms with Gasteiger partial charge in [0.05, 0.1) is 0 Å². The molecule has 1 aliphatic carbocycles. The van der Waals surface area contributed by atoms with Gasteiger partial charge < -0.3 is 10.6 Å². The SMILES string of the molecule is CCc1ccc(Nc2ncc(C(F)(F)F)c(Nc3cccc(C4CCCCC4)c3)n2)cc1. The van der Waals surface area contributed by atoms with Crippen molar-refractivity contribution in [3.05, 3.63) is 71.4 Å². The Morgan fingerprint density at radius 1 is 0.938 bits per heavy atom. The fourth-order valence-corrected chi connectivity index (χ4v) is 4.14. The van der Waals surface area contributed by atoms with Gasteiger partial charge in [-0.1, -0.05) is 50.5 Å². The van der Waals surface area contributed by atoms with E-state index >= 15 is 0 Å². The lowest BCUT2D eigenvalue weighted by molar-refractivity contribution is -0.137. The minimum Gasteiger partial charge on any atom is -0.340 e. The summed E-state index contributed by atoms with van der Waals surface area (Å²) >= 11 is 0. The molecule has 1 aromatic heterocycles. The molecule has 0 bridgehead atoms. The fourth-order valence-electron chi connectivity index (χ4n) is 4.14. The lowest BCUT2D eigenvalue weighted by atomic mass is 9.84. The first-order chi connectivity index (χ1) is 15.4. The molecule has 1 aliphatic rings. The number of nitrogens with zero attached hydrogens (tertiary/aromatic N) is 2. The van der Waals surface area contributed by atoms with E-state index in [-0.39, 0.29) is 11.8 Å². The van der Waals surface area contributed by atoms with Crippen LogP contribution in [-0.4, -0.2) is 9.97 Å². The van der Waals surface area contributed by atoms with E-state index in [0.717, 1.165) is 31.0 Å². The van der Waals surface area contributed by atoms with E-state index in [1.54, 1.807) is 6.07 Å². The third-order valence-corrected chi connectivity index (χ3v) is 5.94. The van der Waals surface area contributed by atoms with Gasteiger partial charge in [0, 0.05) is 17.6 Å². The van der Waals surface area contributed by atoms with Crippen LogP contribution >= 0.6 is 0 Å². The van der Waals surface area contributed by atoms with Gasteiger partial charge in [0.1, 0.15) is 11.4 Å². The number of hydrogen-bond acceptors (Lipinski definition) is 4. The van der Waals surface area contributed by atoms with Crippen LogP contribution in [0.2, 0.25) is 0 Å². The predicted molar refractivity (Wildman–Crippen MR) is 122 cm³/mol. The lowest BCUT2D eigenvalue weighted by Gasteiger charge is -2.22. The van der Waals surface area contributed by atoms with Crippen molar-refractivity contribution >= 4 is 23.1 Å². The van der Waals surface area contributed by atoms with Crippen LogP contribution in [0.25, 0.3) is 0 Å². The van der Waals surface area contributed by atoms with Crippen molar-refractivity contribution in [1.29, 1.82) is 0 Å². The number of nitrogens with one attached hydrogen (secondary N) is 2. The highest BCUT2D eigenvalue weighted by Crippen LogP contribution is 2.37. The Hall–Kier alpha value is -3.09. The van der Waals surface area contributed by atoms with Crippen LogP contribution in [0.1, 0.15) is 61.6 Å². The summed E-state index contributed by atoms with van der Waals surface area (Å²) < 4.78 is 40.9. The Kier molecular flexibility index (Phi) is 6.63. The van der Waals surface area contributed by atoms with Crippen LogP contribution in [0.3, 0.4) is 0 Å². The van der Waals surface area contributed by atoms with Gasteiger partial charge in [0.25, 0.3) is 0 Å². The molecule has 0 amide bonds. The number of anilines is 4. The molecule has 1 fully saturated rings. The van der Waals surface area contributed by atoms with E-state index in [0.29, 0.717) is 17.3 Å². The second kappa shape index (κ2) is 9.59.